The van der Waals surface area contributed by atoms with Crippen molar-refractivity contribution in [1.82, 2.24) is 0 Å². The van der Waals surface area contributed by atoms with Crippen molar-refractivity contribution < 1.29 is 27.9 Å². The summed E-state index contributed by atoms with van der Waals surface area (Å²) in [6.07, 6.45) is 6.68. The van der Waals surface area contributed by atoms with Gasteiger partial charge in [0.05, 0.1) is 32.3 Å². The molecule has 0 atom stereocenters. The number of amides is 1. The molecule has 0 aliphatic rings. The Labute approximate surface area is 215 Å². The highest BCUT2D eigenvalue weighted by atomic mass is 19.1. The molecule has 0 heterocycles. The lowest BCUT2D eigenvalue weighted by atomic mass is 10.1. The van der Waals surface area contributed by atoms with Crippen molar-refractivity contribution in [2.45, 2.75) is 59.3 Å². The van der Waals surface area contributed by atoms with Crippen LogP contribution in [0.3, 0.4) is 0 Å². The molecule has 36 heavy (non-hydrogen) atoms. The van der Waals surface area contributed by atoms with Crippen LogP contribution in [0.15, 0.2) is 42.5 Å². The van der Waals surface area contributed by atoms with Gasteiger partial charge in [0.1, 0.15) is 30.3 Å². The molecule has 0 aliphatic carbocycles. The van der Waals surface area contributed by atoms with Gasteiger partial charge in [-0.1, -0.05) is 45.1 Å². The Balaban J connectivity index is 1.92. The number of carbonyl (C=O) groups excluding carboxylic acids is 2. The lowest BCUT2D eigenvalue weighted by Crippen LogP contribution is -2.46. The van der Waals surface area contributed by atoms with Crippen LogP contribution in [0.2, 0.25) is 0 Å². The smallest absolute Gasteiger partial charge is 0.338 e. The molecule has 2 aromatic carbocycles. The van der Waals surface area contributed by atoms with E-state index < -0.39 is 17.7 Å². The van der Waals surface area contributed by atoms with Crippen LogP contribution in [0.4, 0.5) is 10.1 Å². The van der Waals surface area contributed by atoms with Gasteiger partial charge in [0.15, 0.2) is 0 Å². The Kier molecular flexibility index (Phi) is 12.4. The summed E-state index contributed by atoms with van der Waals surface area (Å²) in [6.45, 7) is 9.87. The minimum atomic E-state index is -0.641. The average Bonchev–Trinajstić information content (AvgIpc) is 2.88. The van der Waals surface area contributed by atoms with Crippen LogP contribution in [0, 0.1) is 5.82 Å². The van der Waals surface area contributed by atoms with E-state index in [1.54, 1.807) is 30.3 Å². The number of esters is 1. The van der Waals surface area contributed by atoms with Gasteiger partial charge in [0, 0.05) is 5.69 Å². The van der Waals surface area contributed by atoms with E-state index in [1.165, 1.54) is 31.4 Å². The zero-order chi connectivity index (χ0) is 26.4. The summed E-state index contributed by atoms with van der Waals surface area (Å²) in [5.74, 6) is -1.42. The van der Waals surface area contributed by atoms with Crippen molar-refractivity contribution in [2.75, 3.05) is 45.2 Å². The van der Waals surface area contributed by atoms with E-state index in [4.69, 9.17) is 9.47 Å². The molecule has 0 spiro atoms. The number of rotatable bonds is 16. The van der Waals surface area contributed by atoms with Gasteiger partial charge < -0.3 is 19.3 Å². The zero-order valence-corrected chi connectivity index (χ0v) is 22.3. The van der Waals surface area contributed by atoms with Crippen LogP contribution in [-0.2, 0) is 4.74 Å². The average molecular weight is 502 g/mol. The second-order valence-electron chi connectivity index (χ2n) is 9.37. The first-order valence-electron chi connectivity index (χ1n) is 13.2. The molecule has 0 aliphatic heterocycles. The van der Waals surface area contributed by atoms with E-state index in [2.05, 4.69) is 33.1 Å². The second-order valence-corrected chi connectivity index (χ2v) is 9.37. The molecule has 1 amide bonds. The third-order valence-electron chi connectivity index (χ3n) is 6.73. The third-order valence-corrected chi connectivity index (χ3v) is 6.73. The first-order valence-corrected chi connectivity index (χ1v) is 13.2. The topological polar surface area (TPSA) is 64.6 Å². The lowest BCUT2D eigenvalue weighted by molar-refractivity contribution is -0.906. The predicted molar refractivity (Wildman–Crippen MR) is 142 cm³/mol. The molecule has 2 rings (SSSR count). The lowest BCUT2D eigenvalue weighted by Gasteiger charge is -2.31. The fourth-order valence-corrected chi connectivity index (χ4v) is 3.77. The molecule has 1 N–H and O–H groups in total. The molecule has 2 aromatic rings. The van der Waals surface area contributed by atoms with Gasteiger partial charge in [-0.05, 0) is 56.7 Å². The Hall–Kier alpha value is -2.93. The fraction of sp³-hybridized carbons (Fsp3) is 0.517. The number of unbranched alkanes of at least 4 members (excludes halogenated alkanes) is 5. The maximum absolute atomic E-state index is 14.5. The Morgan fingerprint density at radius 3 is 2.22 bits per heavy atom. The van der Waals surface area contributed by atoms with E-state index in [0.717, 1.165) is 43.4 Å². The molecular formula is C29H42FN2O4+. The highest BCUT2D eigenvalue weighted by Gasteiger charge is 2.19. The number of nitrogens with zero attached hydrogens (tertiary/aromatic N) is 1. The van der Waals surface area contributed by atoms with Gasteiger partial charge in [-0.2, -0.15) is 0 Å². The Bertz CT molecular complexity index is 958. The number of halogens is 1. The van der Waals surface area contributed by atoms with Crippen molar-refractivity contribution in [3.8, 4) is 5.75 Å². The number of carbonyl (C=O) groups is 2. The van der Waals surface area contributed by atoms with E-state index in [-0.39, 0.29) is 11.3 Å². The van der Waals surface area contributed by atoms with Crippen molar-refractivity contribution in [3.63, 3.8) is 0 Å². The van der Waals surface area contributed by atoms with Crippen LogP contribution >= 0.6 is 0 Å². The molecule has 0 fully saturated rings. The van der Waals surface area contributed by atoms with E-state index in [9.17, 15) is 14.0 Å². The number of hydrogen-bond acceptors (Lipinski definition) is 4. The normalized spacial score (nSPS) is 11.2. The highest BCUT2D eigenvalue weighted by Crippen LogP contribution is 2.24. The summed E-state index contributed by atoms with van der Waals surface area (Å²) in [5.41, 5.74) is 0.715. The van der Waals surface area contributed by atoms with Crippen molar-refractivity contribution >= 4 is 17.6 Å². The molecule has 6 nitrogen and oxygen atoms in total. The van der Waals surface area contributed by atoms with Crippen molar-refractivity contribution in [3.05, 3.63) is 59.4 Å². The van der Waals surface area contributed by atoms with Crippen LogP contribution in [0.1, 0.15) is 80.0 Å². The van der Waals surface area contributed by atoms with Crippen molar-refractivity contribution in [1.29, 1.82) is 0 Å². The van der Waals surface area contributed by atoms with Gasteiger partial charge >= 0.3 is 5.97 Å². The van der Waals surface area contributed by atoms with Gasteiger partial charge in [-0.15, -0.1) is 0 Å². The number of ether oxygens (including phenoxy) is 2. The van der Waals surface area contributed by atoms with E-state index >= 15 is 0 Å². The minimum Gasteiger partial charge on any atom is -0.493 e. The maximum atomic E-state index is 14.5. The van der Waals surface area contributed by atoms with E-state index in [0.29, 0.717) is 24.5 Å². The SMILES string of the molecule is CCCCCCCCOc1cccc(F)c1C(=O)Nc1ccc(C(=O)OCC[N+](C)(CC)CC)cc1. The van der Waals surface area contributed by atoms with Gasteiger partial charge in [-0.25, -0.2) is 9.18 Å². The Morgan fingerprint density at radius 2 is 1.56 bits per heavy atom. The number of hydrogen-bond donors (Lipinski definition) is 1. The zero-order valence-electron chi connectivity index (χ0n) is 22.3. The number of quaternary nitrogens is 1. The minimum absolute atomic E-state index is 0.125. The van der Waals surface area contributed by atoms with Crippen LogP contribution < -0.4 is 10.1 Å². The molecule has 0 saturated heterocycles. The third kappa shape index (κ3) is 9.26. The van der Waals surface area contributed by atoms with Crippen LogP contribution in [-0.4, -0.2) is 56.3 Å². The molecule has 0 saturated carbocycles. The molecular weight excluding hydrogens is 459 g/mol. The van der Waals surface area contributed by atoms with Gasteiger partial charge in [0.25, 0.3) is 5.91 Å². The first kappa shape index (κ1) is 29.3. The molecule has 0 bridgehead atoms. The largest absolute Gasteiger partial charge is 0.493 e. The molecule has 0 radical (unpaired) electrons. The summed E-state index contributed by atoms with van der Waals surface area (Å²) in [7, 11) is 2.13. The number of benzene rings is 2. The summed E-state index contributed by atoms with van der Waals surface area (Å²) in [4.78, 5) is 25.2. The first-order chi connectivity index (χ1) is 17.3. The highest BCUT2D eigenvalue weighted by molar-refractivity contribution is 6.06. The number of likely N-dealkylation sites (N-methyl/N-ethyl adjacent to an activating group) is 1. The predicted octanol–water partition coefficient (Wildman–Crippen LogP) is 6.46. The van der Waals surface area contributed by atoms with Gasteiger partial charge in [0.2, 0.25) is 0 Å². The van der Waals surface area contributed by atoms with Crippen LogP contribution in [0.5, 0.6) is 5.75 Å². The molecule has 7 heteroatoms. The van der Waals surface area contributed by atoms with Crippen molar-refractivity contribution in [2.24, 2.45) is 0 Å². The maximum Gasteiger partial charge on any atom is 0.338 e. The second kappa shape index (κ2) is 15.2. The Morgan fingerprint density at radius 1 is 0.889 bits per heavy atom. The van der Waals surface area contributed by atoms with Crippen LogP contribution in [0.25, 0.3) is 0 Å². The fourth-order valence-electron chi connectivity index (χ4n) is 3.77. The molecule has 0 unspecified atom stereocenters. The van der Waals surface area contributed by atoms with Gasteiger partial charge in [-0.3, -0.25) is 4.79 Å². The summed E-state index contributed by atoms with van der Waals surface area (Å²) < 4.78 is 26.5. The summed E-state index contributed by atoms with van der Waals surface area (Å²) >= 11 is 0. The quantitative estimate of drug-likeness (QED) is 0.163. The molecule has 198 valence electrons. The number of nitrogens with one attached hydrogen (secondary N) is 1. The number of anilines is 1. The standard InChI is InChI=1S/C29H41FN2O4/c1-5-8-9-10-11-12-21-35-26-15-13-14-25(30)27(26)28(33)31-24-18-16-23(17-19-24)29(34)36-22-20-32(4,6-2)7-3/h13-19H,5-12,20-22H2,1-4H3/p+1. The summed E-state index contributed by atoms with van der Waals surface area (Å²) in [5, 5.41) is 2.70. The molecule has 0 aromatic heterocycles. The van der Waals surface area contributed by atoms with E-state index in [1.807, 2.05) is 0 Å². The summed E-state index contributed by atoms with van der Waals surface area (Å²) in [6, 6.07) is 10.8. The monoisotopic (exact) mass is 501 g/mol.